The van der Waals surface area contributed by atoms with Gasteiger partial charge in [-0.3, -0.25) is 9.67 Å². The molecule has 7 nitrogen and oxygen atoms in total. The molecular weight excluding hydrogens is 309 g/mol. The first-order valence-corrected chi connectivity index (χ1v) is 7.89. The van der Waals surface area contributed by atoms with E-state index >= 15 is 0 Å². The van der Waals surface area contributed by atoms with Gasteiger partial charge in [-0.2, -0.15) is 5.10 Å². The summed E-state index contributed by atoms with van der Waals surface area (Å²) in [6.07, 6.45) is 6.25. The molecule has 0 radical (unpaired) electrons. The zero-order valence-electron chi connectivity index (χ0n) is 13.6. The molecule has 1 fully saturated rings. The molecule has 124 valence electrons. The van der Waals surface area contributed by atoms with Crippen molar-refractivity contribution in [2.45, 2.75) is 13.0 Å². The van der Waals surface area contributed by atoms with Crippen LogP contribution in [-0.2, 0) is 7.05 Å². The maximum atomic E-state index is 14.0. The summed E-state index contributed by atoms with van der Waals surface area (Å²) < 4.78 is 15.8. The van der Waals surface area contributed by atoms with Crippen LogP contribution in [0.15, 0.2) is 31.0 Å². The van der Waals surface area contributed by atoms with E-state index in [4.69, 9.17) is 0 Å². The van der Waals surface area contributed by atoms with Gasteiger partial charge in [0.05, 0.1) is 23.5 Å². The van der Waals surface area contributed by atoms with E-state index in [2.05, 4.69) is 36.8 Å². The fraction of sp³-hybridized carbons (Fsp3) is 0.375. The van der Waals surface area contributed by atoms with E-state index < -0.39 is 0 Å². The van der Waals surface area contributed by atoms with Crippen molar-refractivity contribution in [2.75, 3.05) is 29.4 Å². The van der Waals surface area contributed by atoms with Gasteiger partial charge in [0.15, 0.2) is 11.5 Å². The van der Waals surface area contributed by atoms with E-state index in [0.29, 0.717) is 12.2 Å². The number of rotatable bonds is 2. The Bertz CT molecular complexity index is 878. The third-order valence-corrected chi connectivity index (χ3v) is 4.50. The van der Waals surface area contributed by atoms with E-state index in [-0.39, 0.29) is 11.9 Å². The molecular formula is C16H18FN7. The van der Waals surface area contributed by atoms with Crippen molar-refractivity contribution in [3.8, 4) is 0 Å². The van der Waals surface area contributed by atoms with E-state index in [1.807, 2.05) is 7.05 Å². The number of piperazine rings is 1. The molecule has 4 heterocycles. The lowest BCUT2D eigenvalue weighted by molar-refractivity contribution is 0.530. The summed E-state index contributed by atoms with van der Waals surface area (Å²) in [4.78, 5) is 16.9. The Labute approximate surface area is 138 Å². The molecule has 1 unspecified atom stereocenters. The van der Waals surface area contributed by atoms with Crippen LogP contribution in [0.3, 0.4) is 0 Å². The first kappa shape index (κ1) is 14.8. The molecule has 24 heavy (non-hydrogen) atoms. The van der Waals surface area contributed by atoms with E-state index in [9.17, 15) is 4.39 Å². The number of pyridine rings is 1. The van der Waals surface area contributed by atoms with Crippen LogP contribution in [0.4, 0.5) is 15.9 Å². The molecule has 1 atom stereocenters. The third-order valence-electron chi connectivity index (χ3n) is 4.50. The zero-order chi connectivity index (χ0) is 16.7. The Morgan fingerprint density at radius 2 is 2.08 bits per heavy atom. The predicted molar refractivity (Wildman–Crippen MR) is 89.5 cm³/mol. The zero-order valence-corrected chi connectivity index (χ0v) is 13.6. The van der Waals surface area contributed by atoms with Crippen LogP contribution in [0.1, 0.15) is 6.92 Å². The summed E-state index contributed by atoms with van der Waals surface area (Å²) in [7, 11) is 1.87. The second-order valence-electron chi connectivity index (χ2n) is 6.02. The second kappa shape index (κ2) is 5.70. The molecule has 8 heteroatoms. The number of aryl methyl sites for hydroxylation is 1. The van der Waals surface area contributed by atoms with E-state index in [1.54, 1.807) is 29.5 Å². The first-order chi connectivity index (χ1) is 11.6. The third kappa shape index (κ3) is 2.34. The number of hydrogen-bond donors (Lipinski definition) is 0. The first-order valence-electron chi connectivity index (χ1n) is 7.89. The minimum absolute atomic E-state index is 0.150. The van der Waals surface area contributed by atoms with Gasteiger partial charge >= 0.3 is 0 Å². The average Bonchev–Trinajstić information content (AvgIpc) is 2.97. The average molecular weight is 327 g/mol. The summed E-state index contributed by atoms with van der Waals surface area (Å²) in [6, 6.07) is 1.88. The Morgan fingerprint density at radius 1 is 1.21 bits per heavy atom. The monoisotopic (exact) mass is 327 g/mol. The van der Waals surface area contributed by atoms with Crippen LogP contribution in [-0.4, -0.2) is 50.4 Å². The Kier molecular flexibility index (Phi) is 3.51. The number of aromatic nitrogens is 5. The minimum atomic E-state index is -0.283. The SMILES string of the molecule is CC1CN(c2ncnc3c2cnn3C)CCN1c1ccncc1F. The normalized spacial score (nSPS) is 18.4. The number of anilines is 2. The van der Waals surface area contributed by atoms with Gasteiger partial charge in [0, 0.05) is 38.9 Å². The lowest BCUT2D eigenvalue weighted by Crippen LogP contribution is -2.52. The Hall–Kier alpha value is -2.77. The molecule has 0 N–H and O–H groups in total. The molecule has 3 aromatic rings. The highest BCUT2D eigenvalue weighted by Gasteiger charge is 2.27. The van der Waals surface area contributed by atoms with Gasteiger partial charge in [0.25, 0.3) is 0 Å². The van der Waals surface area contributed by atoms with Crippen molar-refractivity contribution in [1.82, 2.24) is 24.7 Å². The smallest absolute Gasteiger partial charge is 0.164 e. The van der Waals surface area contributed by atoms with Crippen molar-refractivity contribution >= 4 is 22.5 Å². The van der Waals surface area contributed by atoms with Gasteiger partial charge in [0.2, 0.25) is 0 Å². The Morgan fingerprint density at radius 3 is 2.88 bits per heavy atom. The quantitative estimate of drug-likeness (QED) is 0.713. The van der Waals surface area contributed by atoms with Crippen LogP contribution in [0.25, 0.3) is 11.0 Å². The van der Waals surface area contributed by atoms with Crippen molar-refractivity contribution in [1.29, 1.82) is 0 Å². The van der Waals surface area contributed by atoms with Crippen molar-refractivity contribution < 1.29 is 4.39 Å². The molecule has 0 amide bonds. The van der Waals surface area contributed by atoms with Gasteiger partial charge < -0.3 is 9.80 Å². The standard InChI is InChI=1S/C16H18FN7/c1-11-9-23(5-6-24(11)14-3-4-18-8-13(14)17)16-12-7-21-22(2)15(12)19-10-20-16/h3-4,7-8,10-11H,5-6,9H2,1-2H3. The second-order valence-corrected chi connectivity index (χ2v) is 6.02. The fourth-order valence-electron chi connectivity index (χ4n) is 3.31. The summed E-state index contributed by atoms with van der Waals surface area (Å²) in [5, 5.41) is 5.21. The number of nitrogens with zero attached hydrogens (tertiary/aromatic N) is 7. The van der Waals surface area contributed by atoms with E-state index in [1.165, 1.54) is 6.20 Å². The summed E-state index contributed by atoms with van der Waals surface area (Å²) in [6.45, 7) is 4.32. The molecule has 0 saturated carbocycles. The van der Waals surface area contributed by atoms with Gasteiger partial charge in [-0.25, -0.2) is 14.4 Å². The molecule has 0 aliphatic carbocycles. The molecule has 0 bridgehead atoms. The van der Waals surface area contributed by atoms with Crippen LogP contribution in [0.2, 0.25) is 0 Å². The van der Waals surface area contributed by atoms with E-state index in [0.717, 1.165) is 29.9 Å². The summed E-state index contributed by atoms with van der Waals surface area (Å²) in [5.41, 5.74) is 1.42. The van der Waals surface area contributed by atoms with Crippen LogP contribution >= 0.6 is 0 Å². The summed E-state index contributed by atoms with van der Waals surface area (Å²) >= 11 is 0. The van der Waals surface area contributed by atoms with Crippen molar-refractivity contribution in [2.24, 2.45) is 7.05 Å². The number of halogens is 1. The highest BCUT2D eigenvalue weighted by atomic mass is 19.1. The fourth-order valence-corrected chi connectivity index (χ4v) is 3.31. The van der Waals surface area contributed by atoms with Crippen molar-refractivity contribution in [3.05, 3.63) is 36.8 Å². The molecule has 3 aromatic heterocycles. The predicted octanol–water partition coefficient (Wildman–Crippen LogP) is 1.61. The molecule has 1 aliphatic rings. The number of hydrogen-bond acceptors (Lipinski definition) is 6. The highest BCUT2D eigenvalue weighted by Crippen LogP contribution is 2.27. The maximum Gasteiger partial charge on any atom is 0.164 e. The molecule has 4 rings (SSSR count). The van der Waals surface area contributed by atoms with Gasteiger partial charge in [-0.15, -0.1) is 0 Å². The largest absolute Gasteiger partial charge is 0.363 e. The van der Waals surface area contributed by atoms with Gasteiger partial charge in [-0.1, -0.05) is 0 Å². The molecule has 0 aromatic carbocycles. The summed E-state index contributed by atoms with van der Waals surface area (Å²) in [5.74, 6) is 0.601. The maximum absolute atomic E-state index is 14.0. The molecule has 1 aliphatic heterocycles. The van der Waals surface area contributed by atoms with Crippen molar-refractivity contribution in [3.63, 3.8) is 0 Å². The van der Waals surface area contributed by atoms with Crippen LogP contribution in [0.5, 0.6) is 0 Å². The molecule has 1 saturated heterocycles. The molecule has 0 spiro atoms. The van der Waals surface area contributed by atoms with Crippen LogP contribution in [0, 0.1) is 5.82 Å². The lowest BCUT2D eigenvalue weighted by Gasteiger charge is -2.41. The van der Waals surface area contributed by atoms with Gasteiger partial charge in [0.1, 0.15) is 12.1 Å². The topological polar surface area (TPSA) is 63.0 Å². The van der Waals surface area contributed by atoms with Gasteiger partial charge in [-0.05, 0) is 13.0 Å². The van der Waals surface area contributed by atoms with Crippen LogP contribution < -0.4 is 9.80 Å². The minimum Gasteiger partial charge on any atom is -0.363 e. The Balaban J connectivity index is 1.61. The highest BCUT2D eigenvalue weighted by molar-refractivity contribution is 5.86. The lowest BCUT2D eigenvalue weighted by atomic mass is 10.1. The number of fused-ring (bicyclic) bond motifs is 1.